The van der Waals surface area contributed by atoms with E-state index < -0.39 is 25.7 Å². The predicted molar refractivity (Wildman–Crippen MR) is 146 cm³/mol. The van der Waals surface area contributed by atoms with Gasteiger partial charge < -0.3 is 18.8 Å². The molecular formula is C26H29BrF2N4O4Si. The molecule has 0 aliphatic heterocycles. The summed E-state index contributed by atoms with van der Waals surface area (Å²) >= 11 is 3.18. The molecule has 202 valence electrons. The molecule has 2 heterocycles. The molecule has 4 aromatic rings. The van der Waals surface area contributed by atoms with Gasteiger partial charge in [0, 0.05) is 51.9 Å². The Balaban J connectivity index is 1.69. The van der Waals surface area contributed by atoms with E-state index in [1.807, 2.05) is 0 Å². The number of halogens is 3. The zero-order valence-corrected chi connectivity index (χ0v) is 24.4. The van der Waals surface area contributed by atoms with Crippen molar-refractivity contribution in [1.29, 1.82) is 0 Å². The van der Waals surface area contributed by atoms with Crippen molar-refractivity contribution in [2.45, 2.75) is 45.9 Å². The molecule has 0 unspecified atom stereocenters. The third-order valence-corrected chi connectivity index (χ3v) is 7.91. The maximum absolute atomic E-state index is 15.5. The maximum Gasteiger partial charge on any atom is 0.302 e. The molecule has 8 nitrogen and oxygen atoms in total. The van der Waals surface area contributed by atoms with E-state index in [0.717, 1.165) is 6.04 Å². The minimum absolute atomic E-state index is 0.118. The second kappa shape index (κ2) is 11.3. The van der Waals surface area contributed by atoms with Gasteiger partial charge in [-0.05, 0) is 46.2 Å². The highest BCUT2D eigenvalue weighted by atomic mass is 79.9. The minimum atomic E-state index is -1.24. The van der Waals surface area contributed by atoms with Crippen LogP contribution < -0.4 is 4.74 Å². The molecule has 0 spiro atoms. The van der Waals surface area contributed by atoms with E-state index in [-0.39, 0.29) is 36.2 Å². The summed E-state index contributed by atoms with van der Waals surface area (Å²) in [4.78, 5) is 15.8. The fraction of sp³-hybridized carbons (Fsp3) is 0.346. The number of hydrogen-bond donors (Lipinski definition) is 0. The fourth-order valence-corrected chi connectivity index (χ4v) is 5.04. The van der Waals surface area contributed by atoms with Crippen LogP contribution in [0.15, 0.2) is 41.3 Å². The topological polar surface area (TPSA) is 80.4 Å². The van der Waals surface area contributed by atoms with E-state index in [9.17, 15) is 9.18 Å². The lowest BCUT2D eigenvalue weighted by Gasteiger charge is -2.17. The molecule has 2 aromatic heterocycles. The molecule has 0 aliphatic rings. The summed E-state index contributed by atoms with van der Waals surface area (Å²) in [6, 6.07) is 8.19. The van der Waals surface area contributed by atoms with Gasteiger partial charge in [-0.25, -0.2) is 18.4 Å². The van der Waals surface area contributed by atoms with Crippen LogP contribution in [0.1, 0.15) is 12.5 Å². The summed E-state index contributed by atoms with van der Waals surface area (Å²) < 4.78 is 50.8. The Morgan fingerprint density at radius 2 is 1.89 bits per heavy atom. The van der Waals surface area contributed by atoms with Crippen LogP contribution in [0.2, 0.25) is 25.7 Å². The van der Waals surface area contributed by atoms with E-state index in [4.69, 9.17) is 14.2 Å². The number of aryl methyl sites for hydroxylation is 1. The number of aromatic nitrogens is 4. The standard InChI is InChI=1S/C26H29BrF2N4O4Si/c1-16(34)36-14-20-18-8-9-33(15-35-10-11-38(3,4)5)23(18)13-22(29)24(20)37-17-6-7-21(28)19(12-17)25-30-26(27)31-32(25)2/h6-9,12-13H,10-11,14-15H2,1-5H3. The highest BCUT2D eigenvalue weighted by Gasteiger charge is 2.21. The number of rotatable bonds is 10. The van der Waals surface area contributed by atoms with Gasteiger partial charge in [-0.3, -0.25) is 4.79 Å². The molecule has 0 bridgehead atoms. The minimum Gasteiger partial charge on any atom is -0.461 e. The van der Waals surface area contributed by atoms with Gasteiger partial charge in [-0.15, -0.1) is 5.10 Å². The lowest BCUT2D eigenvalue weighted by atomic mass is 10.1. The molecule has 0 saturated heterocycles. The van der Waals surface area contributed by atoms with Crippen molar-refractivity contribution in [3.05, 3.63) is 58.5 Å². The Morgan fingerprint density at radius 3 is 2.55 bits per heavy atom. The van der Waals surface area contributed by atoms with Gasteiger partial charge in [0.25, 0.3) is 0 Å². The zero-order chi connectivity index (χ0) is 27.6. The molecule has 2 aromatic carbocycles. The first-order chi connectivity index (χ1) is 17.9. The summed E-state index contributed by atoms with van der Waals surface area (Å²) in [6.07, 6.45) is 1.79. The summed E-state index contributed by atoms with van der Waals surface area (Å²) in [5.41, 5.74) is 1.06. The highest BCUT2D eigenvalue weighted by molar-refractivity contribution is 9.10. The van der Waals surface area contributed by atoms with Gasteiger partial charge in [0.2, 0.25) is 4.73 Å². The average Bonchev–Trinajstić information content (AvgIpc) is 3.38. The van der Waals surface area contributed by atoms with Crippen molar-refractivity contribution >= 4 is 40.9 Å². The van der Waals surface area contributed by atoms with Crippen LogP contribution in [0.3, 0.4) is 0 Å². The van der Waals surface area contributed by atoms with Crippen LogP contribution >= 0.6 is 15.9 Å². The van der Waals surface area contributed by atoms with Crippen LogP contribution in [0.4, 0.5) is 8.78 Å². The Labute approximate surface area is 228 Å². The first-order valence-corrected chi connectivity index (χ1v) is 16.5. The monoisotopic (exact) mass is 606 g/mol. The number of ether oxygens (including phenoxy) is 3. The van der Waals surface area contributed by atoms with E-state index in [2.05, 4.69) is 45.7 Å². The van der Waals surface area contributed by atoms with Crippen LogP contribution in [0.25, 0.3) is 22.3 Å². The molecule has 0 radical (unpaired) electrons. The van der Waals surface area contributed by atoms with E-state index in [0.29, 0.717) is 27.8 Å². The van der Waals surface area contributed by atoms with E-state index >= 15 is 4.39 Å². The summed E-state index contributed by atoms with van der Waals surface area (Å²) in [7, 11) is 0.387. The third-order valence-electron chi connectivity index (χ3n) is 5.87. The molecule has 0 amide bonds. The second-order valence-electron chi connectivity index (χ2n) is 10.1. The van der Waals surface area contributed by atoms with Crippen molar-refractivity contribution in [3.8, 4) is 22.9 Å². The zero-order valence-electron chi connectivity index (χ0n) is 21.8. The molecular weight excluding hydrogens is 578 g/mol. The summed E-state index contributed by atoms with van der Waals surface area (Å²) in [5.74, 6) is -1.39. The molecule has 0 N–H and O–H groups in total. The molecule has 4 rings (SSSR count). The first-order valence-electron chi connectivity index (χ1n) is 12.0. The molecule has 0 fully saturated rings. The number of carbonyl (C=O) groups excluding carboxylic acids is 1. The molecule has 12 heteroatoms. The fourth-order valence-electron chi connectivity index (χ4n) is 3.88. The lowest BCUT2D eigenvalue weighted by molar-refractivity contribution is -0.142. The van der Waals surface area contributed by atoms with Crippen LogP contribution in [-0.2, 0) is 34.7 Å². The van der Waals surface area contributed by atoms with Crippen molar-refractivity contribution < 1.29 is 27.8 Å². The number of fused-ring (bicyclic) bond motifs is 1. The summed E-state index contributed by atoms with van der Waals surface area (Å²) in [5, 5.41) is 4.73. The normalized spacial score (nSPS) is 11.8. The predicted octanol–water partition coefficient (Wildman–Crippen LogP) is 6.65. The Bertz CT molecular complexity index is 1480. The van der Waals surface area contributed by atoms with Crippen LogP contribution in [0, 0.1) is 11.6 Å². The van der Waals surface area contributed by atoms with Crippen LogP contribution in [-0.4, -0.2) is 40.0 Å². The Kier molecular flexibility index (Phi) is 8.33. The number of hydrogen-bond acceptors (Lipinski definition) is 6. The second-order valence-corrected chi connectivity index (χ2v) is 16.4. The molecule has 0 atom stereocenters. The quantitative estimate of drug-likeness (QED) is 0.114. The maximum atomic E-state index is 15.5. The molecule has 38 heavy (non-hydrogen) atoms. The number of carbonyl (C=O) groups is 1. The smallest absolute Gasteiger partial charge is 0.302 e. The van der Waals surface area contributed by atoms with Gasteiger partial charge in [0.1, 0.15) is 24.9 Å². The van der Waals surface area contributed by atoms with E-state index in [1.54, 1.807) is 23.9 Å². The largest absolute Gasteiger partial charge is 0.461 e. The van der Waals surface area contributed by atoms with Crippen molar-refractivity contribution in [3.63, 3.8) is 0 Å². The van der Waals surface area contributed by atoms with Crippen molar-refractivity contribution in [2.24, 2.45) is 7.05 Å². The van der Waals surface area contributed by atoms with Crippen molar-refractivity contribution in [2.75, 3.05) is 6.61 Å². The number of nitrogens with zero attached hydrogens (tertiary/aromatic N) is 4. The summed E-state index contributed by atoms with van der Waals surface area (Å²) in [6.45, 7) is 8.77. The first kappa shape index (κ1) is 27.9. The highest BCUT2D eigenvalue weighted by Crippen LogP contribution is 2.37. The van der Waals surface area contributed by atoms with Gasteiger partial charge in [0.15, 0.2) is 17.4 Å². The molecule has 0 aliphatic carbocycles. The number of esters is 1. The van der Waals surface area contributed by atoms with Gasteiger partial charge in [-0.1, -0.05) is 19.6 Å². The van der Waals surface area contributed by atoms with Gasteiger partial charge in [0.05, 0.1) is 11.1 Å². The lowest BCUT2D eigenvalue weighted by Crippen LogP contribution is -2.21. The van der Waals surface area contributed by atoms with Gasteiger partial charge >= 0.3 is 5.97 Å². The Hall–Kier alpha value is -3.09. The SMILES string of the molecule is CC(=O)OCc1c(Oc2ccc(F)c(-c3nc(Br)nn3C)c2)c(F)cc2c1ccn2COCC[Si](C)(C)C. The van der Waals surface area contributed by atoms with Crippen LogP contribution in [0.5, 0.6) is 11.5 Å². The molecule has 0 saturated carbocycles. The average molecular weight is 608 g/mol. The van der Waals surface area contributed by atoms with Gasteiger partial charge in [-0.2, -0.15) is 0 Å². The Morgan fingerprint density at radius 1 is 1.13 bits per heavy atom. The van der Waals surface area contributed by atoms with E-state index in [1.165, 1.54) is 35.9 Å². The van der Waals surface area contributed by atoms with Crippen molar-refractivity contribution in [1.82, 2.24) is 19.3 Å². The third kappa shape index (κ3) is 6.48. The number of benzene rings is 2.